The number of amides is 3. The molecule has 12 heteroatoms. The van der Waals surface area contributed by atoms with Crippen LogP contribution in [-0.2, 0) is 39.9 Å². The van der Waals surface area contributed by atoms with Gasteiger partial charge in [-0.2, -0.15) is 0 Å². The fourth-order valence-electron chi connectivity index (χ4n) is 5.25. The molecule has 5 atom stereocenters. The molecule has 3 N–H and O–H groups in total. The highest BCUT2D eigenvalue weighted by atomic mass is 16.6. The monoisotopic (exact) mass is 599 g/mol. The SMILES string of the molecule is CCC(NC(=O)C1=NOC(CN2CCOCC2)C1)C(=O)N[C@@H](Cc1ccccc1)C(=O)NC(CC(C)C)C(=O)C1(C)CO1. The maximum atomic E-state index is 13.6. The van der Waals surface area contributed by atoms with Gasteiger partial charge < -0.3 is 30.3 Å². The first-order valence-electron chi connectivity index (χ1n) is 15.2. The first-order valence-corrected chi connectivity index (χ1v) is 15.2. The third-order valence-corrected chi connectivity index (χ3v) is 7.94. The summed E-state index contributed by atoms with van der Waals surface area (Å²) >= 11 is 0. The molecule has 0 radical (unpaired) electrons. The van der Waals surface area contributed by atoms with E-state index in [1.165, 1.54) is 0 Å². The second-order valence-corrected chi connectivity index (χ2v) is 12.1. The number of nitrogens with zero attached hydrogens (tertiary/aromatic N) is 2. The molecule has 2 saturated heterocycles. The van der Waals surface area contributed by atoms with Crippen LogP contribution in [0.15, 0.2) is 35.5 Å². The second kappa shape index (κ2) is 14.9. The van der Waals surface area contributed by atoms with Crippen LogP contribution >= 0.6 is 0 Å². The van der Waals surface area contributed by atoms with Crippen molar-refractivity contribution in [2.75, 3.05) is 39.5 Å². The number of carbonyl (C=O) groups excluding carboxylic acids is 4. The first kappa shape index (κ1) is 32.6. The smallest absolute Gasteiger partial charge is 0.269 e. The Balaban J connectivity index is 1.38. The van der Waals surface area contributed by atoms with Crippen LogP contribution in [0.1, 0.15) is 52.5 Å². The van der Waals surface area contributed by atoms with E-state index in [9.17, 15) is 19.2 Å². The molecule has 0 saturated carbocycles. The molecule has 3 aliphatic rings. The zero-order valence-corrected chi connectivity index (χ0v) is 25.6. The number of Topliss-reactive ketones (excluding diaryl/α,β-unsaturated/α-hetero) is 1. The van der Waals surface area contributed by atoms with Gasteiger partial charge in [0.2, 0.25) is 11.8 Å². The maximum absolute atomic E-state index is 13.6. The van der Waals surface area contributed by atoms with Crippen LogP contribution < -0.4 is 16.0 Å². The highest BCUT2D eigenvalue weighted by Gasteiger charge is 2.50. The highest BCUT2D eigenvalue weighted by Crippen LogP contribution is 2.29. The summed E-state index contributed by atoms with van der Waals surface area (Å²) < 4.78 is 10.7. The lowest BCUT2D eigenvalue weighted by atomic mass is 9.93. The molecule has 3 amide bonds. The number of hydrogen-bond acceptors (Lipinski definition) is 9. The number of benzene rings is 1. The van der Waals surface area contributed by atoms with Gasteiger partial charge in [0.25, 0.3) is 5.91 Å². The second-order valence-electron chi connectivity index (χ2n) is 12.1. The van der Waals surface area contributed by atoms with Crippen molar-refractivity contribution >= 4 is 29.2 Å². The van der Waals surface area contributed by atoms with Crippen molar-refractivity contribution in [3.05, 3.63) is 35.9 Å². The van der Waals surface area contributed by atoms with Crippen LogP contribution in [0.2, 0.25) is 0 Å². The van der Waals surface area contributed by atoms with E-state index in [1.54, 1.807) is 13.8 Å². The minimum Gasteiger partial charge on any atom is -0.390 e. The van der Waals surface area contributed by atoms with Crippen molar-refractivity contribution in [2.45, 2.75) is 83.2 Å². The molecule has 43 heavy (non-hydrogen) atoms. The molecule has 0 bridgehead atoms. The normalized spacial score (nSPS) is 23.8. The van der Waals surface area contributed by atoms with Gasteiger partial charge in [-0.25, -0.2) is 0 Å². The van der Waals surface area contributed by atoms with Gasteiger partial charge in [0.15, 0.2) is 5.78 Å². The van der Waals surface area contributed by atoms with Gasteiger partial charge in [-0.05, 0) is 31.2 Å². The minimum atomic E-state index is -0.971. The lowest BCUT2D eigenvalue weighted by Crippen LogP contribution is -2.57. The van der Waals surface area contributed by atoms with Gasteiger partial charge in [0.05, 0.1) is 25.9 Å². The van der Waals surface area contributed by atoms with Crippen LogP contribution in [0.25, 0.3) is 0 Å². The number of ketones is 1. The van der Waals surface area contributed by atoms with E-state index in [4.69, 9.17) is 14.3 Å². The van der Waals surface area contributed by atoms with Crippen molar-refractivity contribution in [3.63, 3.8) is 0 Å². The summed E-state index contributed by atoms with van der Waals surface area (Å²) in [4.78, 5) is 60.9. The van der Waals surface area contributed by atoms with Crippen LogP contribution in [0.3, 0.4) is 0 Å². The summed E-state index contributed by atoms with van der Waals surface area (Å²) in [5.74, 6) is -1.48. The molecular formula is C31H45N5O7. The molecule has 0 aromatic heterocycles. The van der Waals surface area contributed by atoms with Crippen molar-refractivity contribution in [2.24, 2.45) is 11.1 Å². The Hall–Kier alpha value is -3.35. The van der Waals surface area contributed by atoms with Crippen LogP contribution in [0.5, 0.6) is 0 Å². The molecule has 236 valence electrons. The molecule has 1 aromatic rings. The van der Waals surface area contributed by atoms with Crippen molar-refractivity contribution < 1.29 is 33.5 Å². The summed E-state index contributed by atoms with van der Waals surface area (Å²) in [6, 6.07) is 6.70. The maximum Gasteiger partial charge on any atom is 0.269 e. The highest BCUT2D eigenvalue weighted by molar-refractivity contribution is 6.39. The van der Waals surface area contributed by atoms with E-state index < -0.39 is 41.4 Å². The quantitative estimate of drug-likeness (QED) is 0.253. The third kappa shape index (κ3) is 9.32. The average Bonchev–Trinajstić information content (AvgIpc) is 3.57. The lowest BCUT2D eigenvalue weighted by Gasteiger charge is -2.27. The molecule has 12 nitrogen and oxygen atoms in total. The molecular weight excluding hydrogens is 554 g/mol. The number of ether oxygens (including phenoxy) is 2. The number of oxime groups is 1. The Morgan fingerprint density at radius 1 is 1.00 bits per heavy atom. The topological polar surface area (TPSA) is 151 Å². The van der Waals surface area contributed by atoms with E-state index in [0.717, 1.165) is 18.7 Å². The molecule has 0 spiro atoms. The summed E-state index contributed by atoms with van der Waals surface area (Å²) in [5.41, 5.74) is 0.179. The predicted octanol–water partition coefficient (Wildman–Crippen LogP) is 0.975. The number of rotatable bonds is 15. The van der Waals surface area contributed by atoms with E-state index in [2.05, 4.69) is 26.0 Å². The zero-order chi connectivity index (χ0) is 31.0. The van der Waals surface area contributed by atoms with Crippen LogP contribution in [0, 0.1) is 5.92 Å². The minimum absolute atomic E-state index is 0.148. The number of nitrogens with one attached hydrogen (secondary N) is 3. The van der Waals surface area contributed by atoms with E-state index >= 15 is 0 Å². The molecule has 0 aliphatic carbocycles. The van der Waals surface area contributed by atoms with Crippen LogP contribution in [-0.4, -0.2) is 103 Å². The fraction of sp³-hybridized carbons (Fsp3) is 0.645. The standard InChI is InChI=1S/C31H45N5O7/c1-5-23(32-30(40)26-17-22(43-35-26)18-36-11-13-41-14-12-36)28(38)34-25(16-21-9-7-6-8-10-21)29(39)33-24(15-20(2)3)27(37)31(4)19-42-31/h6-10,20,22-25H,5,11-19H2,1-4H3,(H,32,40)(H,33,39)(H,34,38)/t22?,23?,24?,25-,31?/m0/s1. The molecule has 4 rings (SSSR count). The van der Waals surface area contributed by atoms with Gasteiger partial charge >= 0.3 is 0 Å². The van der Waals surface area contributed by atoms with Crippen molar-refractivity contribution in [1.82, 2.24) is 20.9 Å². The Kier molecular flexibility index (Phi) is 11.3. The average molecular weight is 600 g/mol. The zero-order valence-electron chi connectivity index (χ0n) is 25.6. The van der Waals surface area contributed by atoms with Gasteiger partial charge in [-0.1, -0.05) is 56.3 Å². The molecule has 2 fully saturated rings. The number of epoxide rings is 1. The largest absolute Gasteiger partial charge is 0.390 e. The molecule has 1 aromatic carbocycles. The molecule has 3 heterocycles. The van der Waals surface area contributed by atoms with Crippen molar-refractivity contribution in [3.8, 4) is 0 Å². The Morgan fingerprint density at radius 3 is 2.28 bits per heavy atom. The lowest BCUT2D eigenvalue weighted by molar-refractivity contribution is -0.134. The molecule has 3 aliphatic heterocycles. The van der Waals surface area contributed by atoms with E-state index in [-0.39, 0.29) is 29.9 Å². The third-order valence-electron chi connectivity index (χ3n) is 7.94. The first-order chi connectivity index (χ1) is 20.6. The Morgan fingerprint density at radius 2 is 1.65 bits per heavy atom. The summed E-state index contributed by atoms with van der Waals surface area (Å²) in [5, 5.41) is 12.4. The summed E-state index contributed by atoms with van der Waals surface area (Å²) in [7, 11) is 0. The summed E-state index contributed by atoms with van der Waals surface area (Å²) in [6.45, 7) is 11.4. The Bertz CT molecular complexity index is 1160. The Labute approximate surface area is 253 Å². The fourth-order valence-corrected chi connectivity index (χ4v) is 5.25. The van der Waals surface area contributed by atoms with Gasteiger partial charge in [-0.15, -0.1) is 0 Å². The predicted molar refractivity (Wildman–Crippen MR) is 159 cm³/mol. The van der Waals surface area contributed by atoms with Gasteiger partial charge in [0, 0.05) is 32.5 Å². The van der Waals surface area contributed by atoms with Gasteiger partial charge in [-0.3, -0.25) is 24.1 Å². The summed E-state index contributed by atoms with van der Waals surface area (Å²) in [6.07, 6.45) is 1.06. The number of carbonyl (C=O) groups is 4. The van der Waals surface area contributed by atoms with Crippen LogP contribution in [0.4, 0.5) is 0 Å². The molecule has 4 unspecified atom stereocenters. The van der Waals surface area contributed by atoms with Gasteiger partial charge in [0.1, 0.15) is 29.5 Å². The van der Waals surface area contributed by atoms with E-state index in [0.29, 0.717) is 45.6 Å². The van der Waals surface area contributed by atoms with Crippen molar-refractivity contribution in [1.29, 1.82) is 0 Å². The number of morpholine rings is 1. The van der Waals surface area contributed by atoms with E-state index in [1.807, 2.05) is 44.2 Å². The number of hydrogen-bond donors (Lipinski definition) is 3.